The predicted octanol–water partition coefficient (Wildman–Crippen LogP) is 4.30. The smallest absolute Gasteiger partial charge is 0.106 e. The fourth-order valence-corrected chi connectivity index (χ4v) is 2.61. The minimum absolute atomic E-state index is 0.730. The topological polar surface area (TPSA) is 28.2 Å². The van der Waals surface area contributed by atoms with Crippen molar-refractivity contribution >= 4 is 21.6 Å². The van der Waals surface area contributed by atoms with Crippen molar-refractivity contribution in [1.29, 1.82) is 0 Å². The van der Waals surface area contributed by atoms with Gasteiger partial charge < -0.3 is 5.32 Å². The number of aromatic nitrogens is 1. The van der Waals surface area contributed by atoms with Crippen molar-refractivity contribution in [2.45, 2.75) is 26.9 Å². The minimum atomic E-state index is 0.730. The molecule has 0 radical (unpaired) electrons. The lowest BCUT2D eigenvalue weighted by atomic mass is 10.2. The van der Waals surface area contributed by atoms with Crippen molar-refractivity contribution in [3.8, 4) is 0 Å². The van der Waals surface area contributed by atoms with E-state index in [1.165, 1.54) is 5.56 Å². The number of anilines is 1. The van der Waals surface area contributed by atoms with Gasteiger partial charge in [-0.2, -0.15) is 0 Å². The highest BCUT2D eigenvalue weighted by Gasteiger charge is 2.02. The number of benzene rings is 1. The molecule has 0 spiro atoms. The summed E-state index contributed by atoms with van der Waals surface area (Å²) in [7, 11) is 0. The monoisotopic (exact) mass is 347 g/mol. The van der Waals surface area contributed by atoms with Gasteiger partial charge in [0, 0.05) is 12.2 Å². The number of nitrogens with zero attached hydrogens (tertiary/aromatic N) is 2. The molecule has 0 aliphatic rings. The van der Waals surface area contributed by atoms with E-state index in [-0.39, 0.29) is 0 Å². The van der Waals surface area contributed by atoms with Gasteiger partial charge in [-0.3, -0.25) is 4.90 Å². The van der Waals surface area contributed by atoms with Gasteiger partial charge in [0.15, 0.2) is 0 Å². The maximum atomic E-state index is 4.43. The Labute approximate surface area is 135 Å². The van der Waals surface area contributed by atoms with E-state index in [0.717, 1.165) is 42.2 Å². The first-order chi connectivity index (χ1) is 10.2. The lowest BCUT2D eigenvalue weighted by molar-refractivity contribution is 0.296. The standard InChI is InChI=1S/C17H22BrN3/c1-3-21(4-2)13-14-7-5-8-15(11-14)19-12-16-9-6-10-17(18)20-16/h5-11,19H,3-4,12-13H2,1-2H3. The molecule has 1 N–H and O–H groups in total. The molecule has 0 amide bonds. The van der Waals surface area contributed by atoms with Crippen LogP contribution < -0.4 is 5.32 Å². The summed E-state index contributed by atoms with van der Waals surface area (Å²) in [6.07, 6.45) is 0. The summed E-state index contributed by atoms with van der Waals surface area (Å²) in [6.45, 7) is 8.28. The van der Waals surface area contributed by atoms with E-state index in [4.69, 9.17) is 0 Å². The quantitative estimate of drug-likeness (QED) is 0.757. The third kappa shape index (κ3) is 5.14. The molecular formula is C17H22BrN3. The average molecular weight is 348 g/mol. The van der Waals surface area contributed by atoms with E-state index in [1.807, 2.05) is 18.2 Å². The Bertz CT molecular complexity index is 567. The van der Waals surface area contributed by atoms with Gasteiger partial charge in [-0.1, -0.05) is 32.0 Å². The molecule has 1 heterocycles. The van der Waals surface area contributed by atoms with Gasteiger partial charge in [0.2, 0.25) is 0 Å². The van der Waals surface area contributed by atoms with Gasteiger partial charge >= 0.3 is 0 Å². The van der Waals surface area contributed by atoms with Crippen molar-refractivity contribution < 1.29 is 0 Å². The molecule has 21 heavy (non-hydrogen) atoms. The molecule has 4 heteroatoms. The number of nitrogens with one attached hydrogen (secondary N) is 1. The van der Waals surface area contributed by atoms with E-state index in [9.17, 15) is 0 Å². The molecule has 0 fully saturated rings. The largest absolute Gasteiger partial charge is 0.379 e. The fourth-order valence-electron chi connectivity index (χ4n) is 2.23. The molecule has 2 aromatic rings. The molecule has 0 atom stereocenters. The number of hydrogen-bond donors (Lipinski definition) is 1. The molecule has 1 aromatic heterocycles. The Morgan fingerprint density at radius 2 is 1.86 bits per heavy atom. The van der Waals surface area contributed by atoms with Crippen molar-refractivity contribution in [1.82, 2.24) is 9.88 Å². The molecule has 0 bridgehead atoms. The highest BCUT2D eigenvalue weighted by atomic mass is 79.9. The zero-order valence-electron chi connectivity index (χ0n) is 12.6. The lowest BCUT2D eigenvalue weighted by Crippen LogP contribution is -2.22. The Morgan fingerprint density at radius 1 is 1.10 bits per heavy atom. The van der Waals surface area contributed by atoms with Crippen LogP contribution >= 0.6 is 15.9 Å². The molecule has 0 saturated carbocycles. The second kappa shape index (κ2) is 8.15. The van der Waals surface area contributed by atoms with Crippen molar-refractivity contribution in [3.05, 3.63) is 58.3 Å². The van der Waals surface area contributed by atoms with Gasteiger partial charge in [-0.05, 0) is 58.8 Å². The van der Waals surface area contributed by atoms with Crippen molar-refractivity contribution in [2.75, 3.05) is 18.4 Å². The summed E-state index contributed by atoms with van der Waals surface area (Å²) < 4.78 is 0.872. The molecule has 0 aliphatic carbocycles. The Kier molecular flexibility index (Phi) is 6.21. The van der Waals surface area contributed by atoms with Crippen LogP contribution in [0.15, 0.2) is 47.1 Å². The lowest BCUT2D eigenvalue weighted by Gasteiger charge is -2.18. The van der Waals surface area contributed by atoms with Crippen LogP contribution in [0.2, 0.25) is 0 Å². The van der Waals surface area contributed by atoms with Crippen molar-refractivity contribution in [3.63, 3.8) is 0 Å². The summed E-state index contributed by atoms with van der Waals surface area (Å²) in [6, 6.07) is 14.6. The van der Waals surface area contributed by atoms with Crippen LogP contribution in [0.1, 0.15) is 25.1 Å². The van der Waals surface area contributed by atoms with Crippen LogP contribution in [-0.2, 0) is 13.1 Å². The molecule has 1 aromatic carbocycles. The SMILES string of the molecule is CCN(CC)Cc1cccc(NCc2cccc(Br)n2)c1. The van der Waals surface area contributed by atoms with Gasteiger partial charge in [-0.15, -0.1) is 0 Å². The third-order valence-electron chi connectivity index (χ3n) is 3.47. The van der Waals surface area contributed by atoms with Crippen LogP contribution in [0.5, 0.6) is 0 Å². The average Bonchev–Trinajstić information content (AvgIpc) is 2.51. The molecule has 2 rings (SSSR count). The predicted molar refractivity (Wildman–Crippen MR) is 92.3 cm³/mol. The van der Waals surface area contributed by atoms with E-state index >= 15 is 0 Å². The Hall–Kier alpha value is -1.39. The number of halogens is 1. The maximum Gasteiger partial charge on any atom is 0.106 e. The highest BCUT2D eigenvalue weighted by molar-refractivity contribution is 9.10. The van der Waals surface area contributed by atoms with E-state index in [1.54, 1.807) is 0 Å². The minimum Gasteiger partial charge on any atom is -0.379 e. The van der Waals surface area contributed by atoms with Crippen LogP contribution in [0.4, 0.5) is 5.69 Å². The number of pyridine rings is 1. The molecule has 0 aliphatic heterocycles. The summed E-state index contributed by atoms with van der Waals surface area (Å²) in [5, 5.41) is 3.44. The van der Waals surface area contributed by atoms with Crippen LogP contribution in [-0.4, -0.2) is 23.0 Å². The summed E-state index contributed by atoms with van der Waals surface area (Å²) in [4.78, 5) is 6.84. The van der Waals surface area contributed by atoms with Crippen LogP contribution in [0.3, 0.4) is 0 Å². The molecule has 3 nitrogen and oxygen atoms in total. The first kappa shape index (κ1) is 16.0. The van der Waals surface area contributed by atoms with E-state index in [0.29, 0.717) is 0 Å². The number of rotatable bonds is 7. The number of hydrogen-bond acceptors (Lipinski definition) is 3. The van der Waals surface area contributed by atoms with Gasteiger partial charge in [0.25, 0.3) is 0 Å². The zero-order chi connectivity index (χ0) is 15.1. The van der Waals surface area contributed by atoms with Crippen molar-refractivity contribution in [2.24, 2.45) is 0 Å². The molecule has 0 saturated heterocycles. The second-order valence-electron chi connectivity index (χ2n) is 4.97. The normalized spacial score (nSPS) is 10.9. The Morgan fingerprint density at radius 3 is 2.57 bits per heavy atom. The van der Waals surface area contributed by atoms with Gasteiger partial charge in [0.1, 0.15) is 4.60 Å². The zero-order valence-corrected chi connectivity index (χ0v) is 14.2. The fraction of sp³-hybridized carbons (Fsp3) is 0.353. The summed E-state index contributed by atoms with van der Waals surface area (Å²) >= 11 is 3.40. The molecule has 0 unspecified atom stereocenters. The molecular weight excluding hydrogens is 326 g/mol. The Balaban J connectivity index is 1.97. The first-order valence-corrected chi connectivity index (χ1v) is 8.17. The second-order valence-corrected chi connectivity index (χ2v) is 5.78. The maximum absolute atomic E-state index is 4.43. The van der Waals surface area contributed by atoms with Crippen LogP contribution in [0, 0.1) is 0 Å². The molecule has 112 valence electrons. The van der Waals surface area contributed by atoms with Gasteiger partial charge in [-0.25, -0.2) is 4.98 Å². The van der Waals surface area contributed by atoms with E-state index < -0.39 is 0 Å². The summed E-state index contributed by atoms with van der Waals surface area (Å²) in [5.41, 5.74) is 3.51. The van der Waals surface area contributed by atoms with Gasteiger partial charge in [0.05, 0.1) is 12.2 Å². The van der Waals surface area contributed by atoms with Crippen LogP contribution in [0.25, 0.3) is 0 Å². The van der Waals surface area contributed by atoms with E-state index in [2.05, 4.69) is 69.2 Å². The third-order valence-corrected chi connectivity index (χ3v) is 3.92. The summed E-state index contributed by atoms with van der Waals surface area (Å²) in [5.74, 6) is 0. The first-order valence-electron chi connectivity index (χ1n) is 7.38. The highest BCUT2D eigenvalue weighted by Crippen LogP contribution is 2.14.